The molecule has 10 heteroatoms. The molecular weight excluding hydrogens is 308 g/mol. The third-order valence-corrected chi connectivity index (χ3v) is 3.08. The minimum atomic E-state index is -1.24. The molecule has 10 nitrogen and oxygen atoms in total. The summed E-state index contributed by atoms with van der Waals surface area (Å²) in [6.07, 6.45) is -0.304. The number of carboxylic acids is 1. The fourth-order valence-electron chi connectivity index (χ4n) is 1.68. The molecule has 23 heavy (non-hydrogen) atoms. The molecule has 3 atom stereocenters. The molecule has 0 saturated carbocycles. The van der Waals surface area contributed by atoms with Crippen LogP contribution >= 0.6 is 0 Å². The van der Waals surface area contributed by atoms with E-state index in [-0.39, 0.29) is 18.8 Å². The summed E-state index contributed by atoms with van der Waals surface area (Å²) in [6, 6.07) is -3.57. The molecular formula is C13H24N4O6. The van der Waals surface area contributed by atoms with E-state index in [0.717, 1.165) is 0 Å². The summed E-state index contributed by atoms with van der Waals surface area (Å²) in [5.74, 6) is -3.86. The van der Waals surface area contributed by atoms with Gasteiger partial charge in [0.05, 0.1) is 6.61 Å². The fourth-order valence-corrected chi connectivity index (χ4v) is 1.68. The van der Waals surface area contributed by atoms with Gasteiger partial charge in [-0.3, -0.25) is 14.4 Å². The normalized spacial score (nSPS) is 14.7. The van der Waals surface area contributed by atoms with Crippen LogP contribution in [0, 0.1) is 5.92 Å². The number of aliphatic hydroxyl groups excluding tert-OH is 1. The molecule has 0 fully saturated rings. The zero-order valence-electron chi connectivity index (χ0n) is 13.1. The van der Waals surface area contributed by atoms with Gasteiger partial charge >= 0.3 is 5.97 Å². The molecule has 0 aliphatic rings. The first-order valence-corrected chi connectivity index (χ1v) is 7.08. The van der Waals surface area contributed by atoms with Crippen molar-refractivity contribution in [1.29, 1.82) is 0 Å². The standard InChI is InChI=1S/C13H24N4O6/c1-6(2)10(13(22)23)17-12(21)8(3-4-9(15)19)16-11(20)7(14)5-18/h6-8,10,18H,3-5,14H2,1-2H3,(H2,15,19)(H,16,20)(H,17,21)(H,22,23). The molecule has 0 aromatic carbocycles. The molecule has 132 valence electrons. The van der Waals surface area contributed by atoms with Gasteiger partial charge in [0.1, 0.15) is 18.1 Å². The van der Waals surface area contributed by atoms with Crippen molar-refractivity contribution >= 4 is 23.7 Å². The number of nitrogens with two attached hydrogens (primary N) is 2. The monoisotopic (exact) mass is 332 g/mol. The maximum absolute atomic E-state index is 12.2. The van der Waals surface area contributed by atoms with Gasteiger partial charge < -0.3 is 32.3 Å². The van der Waals surface area contributed by atoms with Gasteiger partial charge in [-0.2, -0.15) is 0 Å². The zero-order valence-corrected chi connectivity index (χ0v) is 13.1. The van der Waals surface area contributed by atoms with E-state index in [1.165, 1.54) is 0 Å². The number of hydrogen-bond acceptors (Lipinski definition) is 6. The van der Waals surface area contributed by atoms with Gasteiger partial charge in [-0.25, -0.2) is 4.79 Å². The van der Waals surface area contributed by atoms with Crippen LogP contribution in [-0.2, 0) is 19.2 Å². The number of rotatable bonds is 10. The molecule has 0 aliphatic heterocycles. The van der Waals surface area contributed by atoms with Crippen LogP contribution in [0.5, 0.6) is 0 Å². The summed E-state index contributed by atoms with van der Waals surface area (Å²) in [7, 11) is 0. The highest BCUT2D eigenvalue weighted by Gasteiger charge is 2.29. The first-order chi connectivity index (χ1) is 10.6. The molecule has 0 bridgehead atoms. The quantitative estimate of drug-likeness (QED) is 0.251. The SMILES string of the molecule is CC(C)C(NC(=O)C(CCC(N)=O)NC(=O)C(N)CO)C(=O)O. The molecule has 0 radical (unpaired) electrons. The topological polar surface area (TPSA) is 185 Å². The number of aliphatic hydroxyl groups is 1. The molecule has 3 unspecified atom stereocenters. The number of primary amides is 1. The van der Waals surface area contributed by atoms with E-state index in [9.17, 15) is 19.2 Å². The van der Waals surface area contributed by atoms with Crippen LogP contribution in [0.4, 0.5) is 0 Å². The first kappa shape index (κ1) is 20.8. The summed E-state index contributed by atoms with van der Waals surface area (Å²) in [5, 5.41) is 22.5. The lowest BCUT2D eigenvalue weighted by molar-refractivity contribution is -0.143. The Morgan fingerprint density at radius 2 is 1.65 bits per heavy atom. The van der Waals surface area contributed by atoms with Crippen LogP contribution in [0.1, 0.15) is 26.7 Å². The van der Waals surface area contributed by atoms with Crippen LogP contribution in [0.15, 0.2) is 0 Å². The Morgan fingerprint density at radius 1 is 1.09 bits per heavy atom. The van der Waals surface area contributed by atoms with Gasteiger partial charge in [-0.1, -0.05) is 13.8 Å². The average Bonchev–Trinajstić information content (AvgIpc) is 2.46. The van der Waals surface area contributed by atoms with Crippen molar-refractivity contribution < 1.29 is 29.4 Å². The van der Waals surface area contributed by atoms with E-state index >= 15 is 0 Å². The van der Waals surface area contributed by atoms with Gasteiger partial charge in [-0.15, -0.1) is 0 Å². The molecule has 0 saturated heterocycles. The van der Waals surface area contributed by atoms with Crippen LogP contribution in [0.25, 0.3) is 0 Å². The summed E-state index contributed by atoms with van der Waals surface area (Å²) in [5.41, 5.74) is 10.4. The van der Waals surface area contributed by atoms with Crippen molar-refractivity contribution in [2.45, 2.75) is 44.8 Å². The predicted molar refractivity (Wildman–Crippen MR) is 79.8 cm³/mol. The van der Waals surface area contributed by atoms with Crippen molar-refractivity contribution in [1.82, 2.24) is 10.6 Å². The molecule has 0 heterocycles. The van der Waals surface area contributed by atoms with Crippen LogP contribution in [0.3, 0.4) is 0 Å². The van der Waals surface area contributed by atoms with Gasteiger partial charge in [0, 0.05) is 6.42 Å². The number of amides is 3. The van der Waals surface area contributed by atoms with E-state index in [2.05, 4.69) is 10.6 Å². The van der Waals surface area contributed by atoms with Crippen LogP contribution in [0.2, 0.25) is 0 Å². The van der Waals surface area contributed by atoms with E-state index in [1.807, 2.05) is 0 Å². The van der Waals surface area contributed by atoms with E-state index in [1.54, 1.807) is 13.8 Å². The third kappa shape index (κ3) is 7.56. The second kappa shape index (κ2) is 9.74. The van der Waals surface area contributed by atoms with Crippen molar-refractivity contribution in [3.8, 4) is 0 Å². The number of carboxylic acid groups (broad SMARTS) is 1. The Bertz CT molecular complexity index is 454. The predicted octanol–water partition coefficient (Wildman–Crippen LogP) is -2.72. The minimum absolute atomic E-state index is 0.116. The highest BCUT2D eigenvalue weighted by Crippen LogP contribution is 2.05. The summed E-state index contributed by atoms with van der Waals surface area (Å²) < 4.78 is 0. The van der Waals surface area contributed by atoms with E-state index in [4.69, 9.17) is 21.7 Å². The summed E-state index contributed by atoms with van der Waals surface area (Å²) in [4.78, 5) is 45.8. The Morgan fingerprint density at radius 3 is 2.04 bits per heavy atom. The van der Waals surface area contributed by atoms with Crippen LogP contribution < -0.4 is 22.1 Å². The maximum atomic E-state index is 12.2. The smallest absolute Gasteiger partial charge is 0.326 e. The second-order valence-corrected chi connectivity index (χ2v) is 5.42. The molecule has 0 spiro atoms. The van der Waals surface area contributed by atoms with Gasteiger partial charge in [-0.05, 0) is 12.3 Å². The minimum Gasteiger partial charge on any atom is -0.480 e. The molecule has 0 aromatic heterocycles. The Balaban J connectivity index is 5.02. The average molecular weight is 332 g/mol. The molecule has 3 amide bonds. The van der Waals surface area contributed by atoms with Gasteiger partial charge in [0.15, 0.2) is 0 Å². The highest BCUT2D eigenvalue weighted by atomic mass is 16.4. The van der Waals surface area contributed by atoms with E-state index in [0.29, 0.717) is 0 Å². The highest BCUT2D eigenvalue weighted by molar-refractivity contribution is 5.92. The van der Waals surface area contributed by atoms with Crippen molar-refractivity contribution in [2.24, 2.45) is 17.4 Å². The maximum Gasteiger partial charge on any atom is 0.326 e. The van der Waals surface area contributed by atoms with E-state index < -0.39 is 48.4 Å². The second-order valence-electron chi connectivity index (χ2n) is 5.42. The molecule has 8 N–H and O–H groups in total. The lowest BCUT2D eigenvalue weighted by Gasteiger charge is -2.23. The third-order valence-electron chi connectivity index (χ3n) is 3.08. The first-order valence-electron chi connectivity index (χ1n) is 7.08. The Kier molecular flexibility index (Phi) is 8.81. The Labute approximate surface area is 133 Å². The molecule has 0 aromatic rings. The molecule has 0 aliphatic carbocycles. The van der Waals surface area contributed by atoms with Gasteiger partial charge in [0.2, 0.25) is 17.7 Å². The largest absolute Gasteiger partial charge is 0.480 e. The lowest BCUT2D eigenvalue weighted by Crippen LogP contribution is -2.56. The number of hydrogen-bond donors (Lipinski definition) is 6. The zero-order chi connectivity index (χ0) is 18.2. The number of carbonyl (C=O) groups is 4. The Hall–Kier alpha value is -2.20. The van der Waals surface area contributed by atoms with Crippen molar-refractivity contribution in [3.05, 3.63) is 0 Å². The van der Waals surface area contributed by atoms with Crippen molar-refractivity contribution in [2.75, 3.05) is 6.61 Å². The number of carbonyl (C=O) groups excluding carboxylic acids is 3. The van der Waals surface area contributed by atoms with Gasteiger partial charge in [0.25, 0.3) is 0 Å². The number of aliphatic carboxylic acids is 1. The van der Waals surface area contributed by atoms with Crippen molar-refractivity contribution in [3.63, 3.8) is 0 Å². The summed E-state index contributed by atoms with van der Waals surface area (Å²) >= 11 is 0. The van der Waals surface area contributed by atoms with Crippen LogP contribution in [-0.4, -0.2) is 58.6 Å². The summed E-state index contributed by atoms with van der Waals surface area (Å²) in [6.45, 7) is 2.59. The molecule has 0 rings (SSSR count). The fraction of sp³-hybridized carbons (Fsp3) is 0.692. The number of nitrogens with one attached hydrogen (secondary N) is 2. The lowest BCUT2D eigenvalue weighted by atomic mass is 10.0.